The lowest BCUT2D eigenvalue weighted by molar-refractivity contribution is 0.549. The van der Waals surface area contributed by atoms with Gasteiger partial charge >= 0.3 is 0 Å². The SMILES string of the molecule is CC(CCS)S(=O)O. The van der Waals surface area contributed by atoms with Crippen molar-refractivity contribution in [2.45, 2.75) is 18.6 Å². The molecule has 0 rings (SSSR count). The molecule has 0 heterocycles. The van der Waals surface area contributed by atoms with Crippen molar-refractivity contribution < 1.29 is 8.76 Å². The van der Waals surface area contributed by atoms with Gasteiger partial charge in [-0.3, -0.25) is 0 Å². The van der Waals surface area contributed by atoms with E-state index in [0.29, 0.717) is 12.2 Å². The zero-order chi connectivity index (χ0) is 6.57. The Bertz CT molecular complexity index is 84.1. The molecule has 4 heteroatoms. The van der Waals surface area contributed by atoms with Gasteiger partial charge in [0.1, 0.15) is 0 Å². The highest BCUT2D eigenvalue weighted by molar-refractivity contribution is 7.81. The molecule has 0 aromatic carbocycles. The van der Waals surface area contributed by atoms with Gasteiger partial charge in [-0.25, -0.2) is 4.21 Å². The van der Waals surface area contributed by atoms with E-state index in [2.05, 4.69) is 12.6 Å². The van der Waals surface area contributed by atoms with Crippen LogP contribution in [0.2, 0.25) is 0 Å². The number of hydrogen-bond donors (Lipinski definition) is 2. The van der Waals surface area contributed by atoms with Gasteiger partial charge in [-0.05, 0) is 19.1 Å². The molecule has 0 spiro atoms. The van der Waals surface area contributed by atoms with Gasteiger partial charge in [0.25, 0.3) is 0 Å². The molecule has 0 amide bonds. The molecule has 0 aliphatic rings. The lowest BCUT2D eigenvalue weighted by Gasteiger charge is -2.00. The average molecular weight is 154 g/mol. The Hall–Kier alpha value is 0.460. The van der Waals surface area contributed by atoms with E-state index in [-0.39, 0.29) is 5.25 Å². The van der Waals surface area contributed by atoms with Crippen LogP contribution in [0.4, 0.5) is 0 Å². The van der Waals surface area contributed by atoms with Crippen molar-refractivity contribution in [1.82, 2.24) is 0 Å². The molecule has 0 saturated carbocycles. The normalized spacial score (nSPS) is 17.9. The highest BCUT2D eigenvalue weighted by Crippen LogP contribution is 1.98. The quantitative estimate of drug-likeness (QED) is 0.468. The summed E-state index contributed by atoms with van der Waals surface area (Å²) in [6, 6.07) is 0. The van der Waals surface area contributed by atoms with Crippen LogP contribution in [0.3, 0.4) is 0 Å². The van der Waals surface area contributed by atoms with E-state index in [1.54, 1.807) is 6.92 Å². The summed E-state index contributed by atoms with van der Waals surface area (Å²) < 4.78 is 18.6. The van der Waals surface area contributed by atoms with E-state index in [0.717, 1.165) is 0 Å². The Morgan fingerprint density at radius 1 is 1.88 bits per heavy atom. The Kier molecular flexibility index (Phi) is 4.60. The van der Waals surface area contributed by atoms with E-state index < -0.39 is 11.1 Å². The van der Waals surface area contributed by atoms with Gasteiger partial charge < -0.3 is 4.55 Å². The van der Waals surface area contributed by atoms with E-state index in [9.17, 15) is 4.21 Å². The number of rotatable bonds is 3. The predicted molar refractivity (Wildman–Crippen MR) is 38.7 cm³/mol. The number of thiol groups is 1. The standard InChI is InChI=1S/C4H10O2S2/c1-4(2-3-7)8(5)6/h4,7H,2-3H2,1H3,(H,5,6). The van der Waals surface area contributed by atoms with Crippen LogP contribution in [0.25, 0.3) is 0 Å². The molecule has 50 valence electrons. The lowest BCUT2D eigenvalue weighted by atomic mass is 10.4. The fourth-order valence-electron chi connectivity index (χ4n) is 0.283. The van der Waals surface area contributed by atoms with Crippen LogP contribution >= 0.6 is 12.6 Å². The molecule has 0 aliphatic heterocycles. The van der Waals surface area contributed by atoms with Crippen molar-refractivity contribution in [1.29, 1.82) is 0 Å². The summed E-state index contributed by atoms with van der Waals surface area (Å²) in [5, 5.41) is -0.132. The van der Waals surface area contributed by atoms with Gasteiger partial charge in [-0.1, -0.05) is 0 Å². The highest BCUT2D eigenvalue weighted by Gasteiger charge is 2.04. The second-order valence-corrected chi connectivity index (χ2v) is 3.40. The number of hydrogen-bond acceptors (Lipinski definition) is 2. The molecule has 2 unspecified atom stereocenters. The van der Waals surface area contributed by atoms with Crippen LogP contribution in [0.15, 0.2) is 0 Å². The lowest BCUT2D eigenvalue weighted by Crippen LogP contribution is -2.09. The molecular formula is C4H10O2S2. The van der Waals surface area contributed by atoms with Gasteiger partial charge in [0, 0.05) is 0 Å². The molecule has 0 aromatic rings. The smallest absolute Gasteiger partial charge is 0.155 e. The summed E-state index contributed by atoms with van der Waals surface area (Å²) in [6.07, 6.45) is 0.701. The molecule has 0 aliphatic carbocycles. The third kappa shape index (κ3) is 3.46. The molecule has 0 fully saturated rings. The summed E-state index contributed by atoms with van der Waals surface area (Å²) in [7, 11) is 0. The maximum absolute atomic E-state index is 10.2. The van der Waals surface area contributed by atoms with Crippen LogP contribution in [0.1, 0.15) is 13.3 Å². The predicted octanol–water partition coefficient (Wildman–Crippen LogP) is 0.917. The van der Waals surface area contributed by atoms with Gasteiger partial charge in [-0.2, -0.15) is 12.6 Å². The van der Waals surface area contributed by atoms with Crippen molar-refractivity contribution in [2.75, 3.05) is 5.75 Å². The van der Waals surface area contributed by atoms with Crippen molar-refractivity contribution in [3.05, 3.63) is 0 Å². The monoisotopic (exact) mass is 154 g/mol. The fraction of sp³-hybridized carbons (Fsp3) is 1.00. The van der Waals surface area contributed by atoms with Crippen LogP contribution in [-0.4, -0.2) is 19.8 Å². The third-order valence-electron chi connectivity index (χ3n) is 0.880. The van der Waals surface area contributed by atoms with E-state index in [1.165, 1.54) is 0 Å². The first-order valence-corrected chi connectivity index (χ1v) is 4.19. The first-order valence-electron chi connectivity index (χ1n) is 2.39. The molecular weight excluding hydrogens is 144 g/mol. The van der Waals surface area contributed by atoms with Crippen LogP contribution in [0.5, 0.6) is 0 Å². The Labute approximate surface area is 57.4 Å². The second-order valence-electron chi connectivity index (χ2n) is 1.60. The summed E-state index contributed by atoms with van der Waals surface area (Å²) in [6.45, 7) is 1.73. The van der Waals surface area contributed by atoms with Crippen molar-refractivity contribution >= 4 is 23.7 Å². The molecule has 0 saturated heterocycles. The van der Waals surface area contributed by atoms with E-state index >= 15 is 0 Å². The van der Waals surface area contributed by atoms with E-state index in [1.807, 2.05) is 0 Å². The first kappa shape index (κ1) is 8.46. The zero-order valence-electron chi connectivity index (χ0n) is 4.70. The second kappa shape index (κ2) is 4.35. The summed E-state index contributed by atoms with van der Waals surface area (Å²) in [5.74, 6) is 0.674. The van der Waals surface area contributed by atoms with Gasteiger partial charge in [-0.15, -0.1) is 0 Å². The first-order chi connectivity index (χ1) is 3.68. The topological polar surface area (TPSA) is 37.3 Å². The minimum absolute atomic E-state index is 0.132. The van der Waals surface area contributed by atoms with Gasteiger partial charge in [0.2, 0.25) is 0 Å². The molecule has 2 nitrogen and oxygen atoms in total. The van der Waals surface area contributed by atoms with Crippen molar-refractivity contribution in [2.24, 2.45) is 0 Å². The largest absolute Gasteiger partial charge is 0.306 e. The molecule has 0 aromatic heterocycles. The Balaban J connectivity index is 3.32. The fourth-order valence-corrected chi connectivity index (χ4v) is 1.16. The minimum atomic E-state index is -1.66. The molecule has 2 atom stereocenters. The minimum Gasteiger partial charge on any atom is -0.306 e. The maximum Gasteiger partial charge on any atom is 0.155 e. The van der Waals surface area contributed by atoms with Gasteiger partial charge in [0.15, 0.2) is 11.1 Å². The zero-order valence-corrected chi connectivity index (χ0v) is 6.41. The molecule has 0 bridgehead atoms. The summed E-state index contributed by atoms with van der Waals surface area (Å²) >= 11 is 2.25. The summed E-state index contributed by atoms with van der Waals surface area (Å²) in [4.78, 5) is 0. The summed E-state index contributed by atoms with van der Waals surface area (Å²) in [5.41, 5.74) is 0. The highest BCUT2D eigenvalue weighted by atomic mass is 32.2. The average Bonchev–Trinajstić information content (AvgIpc) is 1.67. The van der Waals surface area contributed by atoms with Crippen LogP contribution < -0.4 is 0 Å². The molecule has 8 heavy (non-hydrogen) atoms. The van der Waals surface area contributed by atoms with Crippen LogP contribution in [-0.2, 0) is 11.1 Å². The third-order valence-corrected chi connectivity index (χ3v) is 2.06. The van der Waals surface area contributed by atoms with E-state index in [4.69, 9.17) is 4.55 Å². The van der Waals surface area contributed by atoms with Crippen molar-refractivity contribution in [3.8, 4) is 0 Å². The van der Waals surface area contributed by atoms with Gasteiger partial charge in [0.05, 0.1) is 5.25 Å². The maximum atomic E-state index is 10.2. The van der Waals surface area contributed by atoms with Crippen molar-refractivity contribution in [3.63, 3.8) is 0 Å². The Morgan fingerprint density at radius 3 is 2.50 bits per heavy atom. The molecule has 0 radical (unpaired) electrons. The molecule has 1 N–H and O–H groups in total. The Morgan fingerprint density at radius 2 is 2.38 bits per heavy atom. The van der Waals surface area contributed by atoms with Crippen LogP contribution in [0, 0.1) is 0 Å².